The zero-order valence-corrected chi connectivity index (χ0v) is 12.9. The second-order valence-corrected chi connectivity index (χ2v) is 4.19. The quantitative estimate of drug-likeness (QED) is 0.434. The molecule has 1 fully saturated rings. The number of carboxylic acid groups (broad SMARTS) is 1. The summed E-state index contributed by atoms with van der Waals surface area (Å²) in [6.07, 6.45) is 0. The Hall–Kier alpha value is -0.170. The summed E-state index contributed by atoms with van der Waals surface area (Å²) in [6.45, 7) is 3.29. The van der Waals surface area contributed by atoms with E-state index in [0.717, 1.165) is 13.1 Å². The van der Waals surface area contributed by atoms with Crippen molar-refractivity contribution in [1.82, 2.24) is 9.88 Å². The van der Waals surface area contributed by atoms with Gasteiger partial charge in [0.2, 0.25) is 0 Å². The van der Waals surface area contributed by atoms with E-state index < -0.39 is 5.97 Å². The first-order valence-corrected chi connectivity index (χ1v) is 5.71. The number of morpholine rings is 1. The molecular weight excluding hydrogens is 267 g/mol. The summed E-state index contributed by atoms with van der Waals surface area (Å²) in [5.41, 5.74) is 0.542. The molecule has 1 aromatic rings. The summed E-state index contributed by atoms with van der Waals surface area (Å²) >= 11 is 5.77. The van der Waals surface area contributed by atoms with Gasteiger partial charge in [-0.25, -0.2) is 4.98 Å². The SMILES string of the molecule is O=C([O-])c1ccc(Cl)nc1CN1CCOCC1.[Na+]. The predicted molar refractivity (Wildman–Crippen MR) is 59.7 cm³/mol. The minimum Gasteiger partial charge on any atom is -0.545 e. The number of hydrogen-bond acceptors (Lipinski definition) is 5. The summed E-state index contributed by atoms with van der Waals surface area (Å²) in [6, 6.07) is 2.88. The minimum absolute atomic E-state index is 0. The van der Waals surface area contributed by atoms with E-state index in [0.29, 0.717) is 30.6 Å². The Labute approximate surface area is 132 Å². The molecule has 0 amide bonds. The fourth-order valence-corrected chi connectivity index (χ4v) is 1.92. The molecule has 0 aliphatic carbocycles. The largest absolute Gasteiger partial charge is 1.00 e. The average molecular weight is 279 g/mol. The minimum atomic E-state index is -1.22. The molecule has 0 atom stereocenters. The van der Waals surface area contributed by atoms with Gasteiger partial charge < -0.3 is 14.6 Å². The van der Waals surface area contributed by atoms with Gasteiger partial charge in [-0.2, -0.15) is 0 Å². The van der Waals surface area contributed by atoms with Gasteiger partial charge in [-0.15, -0.1) is 0 Å². The molecule has 2 heterocycles. The molecule has 0 saturated carbocycles. The van der Waals surface area contributed by atoms with Gasteiger partial charge in [0, 0.05) is 25.2 Å². The molecule has 1 aliphatic rings. The van der Waals surface area contributed by atoms with E-state index >= 15 is 0 Å². The third kappa shape index (κ3) is 4.19. The first kappa shape index (κ1) is 15.9. The van der Waals surface area contributed by atoms with Crippen molar-refractivity contribution in [2.24, 2.45) is 0 Å². The molecule has 7 heteroatoms. The van der Waals surface area contributed by atoms with Crippen LogP contribution >= 0.6 is 11.6 Å². The van der Waals surface area contributed by atoms with Crippen LogP contribution in [0.2, 0.25) is 5.15 Å². The Morgan fingerprint density at radius 2 is 2.11 bits per heavy atom. The number of aromatic nitrogens is 1. The van der Waals surface area contributed by atoms with Crippen LogP contribution in [0.3, 0.4) is 0 Å². The van der Waals surface area contributed by atoms with E-state index in [1.165, 1.54) is 12.1 Å². The number of rotatable bonds is 3. The molecule has 18 heavy (non-hydrogen) atoms. The van der Waals surface area contributed by atoms with Crippen LogP contribution in [0.4, 0.5) is 0 Å². The Morgan fingerprint density at radius 3 is 2.72 bits per heavy atom. The van der Waals surface area contributed by atoms with Gasteiger partial charge in [0.05, 0.1) is 24.9 Å². The van der Waals surface area contributed by atoms with E-state index in [1.54, 1.807) is 0 Å². The molecular formula is C11H12ClN2NaO3. The molecule has 0 spiro atoms. The number of ether oxygens (including phenoxy) is 1. The Bertz CT molecular complexity index is 425. The van der Waals surface area contributed by atoms with E-state index in [4.69, 9.17) is 16.3 Å². The second-order valence-electron chi connectivity index (χ2n) is 3.80. The Balaban J connectivity index is 0.00000162. The van der Waals surface area contributed by atoms with E-state index in [-0.39, 0.29) is 35.1 Å². The van der Waals surface area contributed by atoms with Crippen LogP contribution in [0.5, 0.6) is 0 Å². The Kier molecular flexibility index (Phi) is 6.55. The molecule has 1 aliphatic heterocycles. The molecule has 1 saturated heterocycles. The maximum Gasteiger partial charge on any atom is 1.00 e. The van der Waals surface area contributed by atoms with E-state index in [2.05, 4.69) is 9.88 Å². The number of carbonyl (C=O) groups is 1. The number of carbonyl (C=O) groups excluding carboxylic acids is 1. The van der Waals surface area contributed by atoms with Crippen LogP contribution in [0, 0.1) is 0 Å². The first-order chi connectivity index (χ1) is 8.16. The molecule has 0 N–H and O–H groups in total. The van der Waals surface area contributed by atoms with Crippen LogP contribution in [0.1, 0.15) is 16.1 Å². The van der Waals surface area contributed by atoms with Crippen molar-refractivity contribution in [3.05, 3.63) is 28.5 Å². The fraction of sp³-hybridized carbons (Fsp3) is 0.455. The standard InChI is InChI=1S/C11H13ClN2O3.Na/c12-10-2-1-8(11(15)16)9(13-10)7-14-3-5-17-6-4-14;/h1-2H,3-7H2,(H,15,16);/q;+1/p-1. The van der Waals surface area contributed by atoms with Gasteiger partial charge in [0.1, 0.15) is 5.15 Å². The smallest absolute Gasteiger partial charge is 0.545 e. The first-order valence-electron chi connectivity index (χ1n) is 5.33. The normalized spacial score (nSPS) is 16.1. The van der Waals surface area contributed by atoms with Crippen molar-refractivity contribution < 1.29 is 44.2 Å². The summed E-state index contributed by atoms with van der Waals surface area (Å²) < 4.78 is 5.22. The zero-order valence-electron chi connectivity index (χ0n) is 10.2. The molecule has 0 aromatic carbocycles. The van der Waals surface area contributed by atoms with Gasteiger partial charge in [0.15, 0.2) is 0 Å². The third-order valence-corrected chi connectivity index (χ3v) is 2.85. The van der Waals surface area contributed by atoms with Crippen LogP contribution in [-0.2, 0) is 11.3 Å². The summed E-state index contributed by atoms with van der Waals surface area (Å²) in [4.78, 5) is 17.1. The van der Waals surface area contributed by atoms with Crippen molar-refractivity contribution >= 4 is 17.6 Å². The van der Waals surface area contributed by atoms with Crippen LogP contribution in [0.15, 0.2) is 12.1 Å². The van der Waals surface area contributed by atoms with E-state index in [1.807, 2.05) is 0 Å². The predicted octanol–water partition coefficient (Wildman–Crippen LogP) is -3.07. The number of aromatic carboxylic acids is 1. The van der Waals surface area contributed by atoms with E-state index in [9.17, 15) is 9.90 Å². The molecule has 2 rings (SSSR count). The van der Waals surface area contributed by atoms with Crippen LogP contribution in [0.25, 0.3) is 0 Å². The summed E-state index contributed by atoms with van der Waals surface area (Å²) in [5, 5.41) is 11.2. The van der Waals surface area contributed by atoms with Crippen LogP contribution in [-0.4, -0.2) is 42.2 Å². The molecule has 0 bridgehead atoms. The second kappa shape index (κ2) is 7.43. The summed E-state index contributed by atoms with van der Waals surface area (Å²) in [7, 11) is 0. The summed E-state index contributed by atoms with van der Waals surface area (Å²) in [5.74, 6) is -1.22. The number of nitrogens with zero attached hydrogens (tertiary/aromatic N) is 2. The van der Waals surface area contributed by atoms with Crippen molar-refractivity contribution in [3.63, 3.8) is 0 Å². The number of pyridine rings is 1. The van der Waals surface area contributed by atoms with Gasteiger partial charge in [-0.3, -0.25) is 4.90 Å². The topological polar surface area (TPSA) is 65.5 Å². The molecule has 1 aromatic heterocycles. The van der Waals surface area contributed by atoms with Gasteiger partial charge in [-0.05, 0) is 12.1 Å². The number of hydrogen-bond donors (Lipinski definition) is 0. The van der Waals surface area contributed by atoms with Gasteiger partial charge >= 0.3 is 29.6 Å². The van der Waals surface area contributed by atoms with Gasteiger partial charge in [0.25, 0.3) is 0 Å². The van der Waals surface area contributed by atoms with Gasteiger partial charge in [-0.1, -0.05) is 11.6 Å². The zero-order chi connectivity index (χ0) is 12.3. The third-order valence-electron chi connectivity index (χ3n) is 2.64. The molecule has 0 radical (unpaired) electrons. The number of carboxylic acids is 1. The maximum atomic E-state index is 10.9. The average Bonchev–Trinajstić information content (AvgIpc) is 2.30. The Morgan fingerprint density at radius 1 is 1.44 bits per heavy atom. The van der Waals surface area contributed by atoms with Crippen molar-refractivity contribution in [3.8, 4) is 0 Å². The molecule has 5 nitrogen and oxygen atoms in total. The van der Waals surface area contributed by atoms with Crippen molar-refractivity contribution in [1.29, 1.82) is 0 Å². The number of halogens is 1. The fourth-order valence-electron chi connectivity index (χ4n) is 1.75. The van der Waals surface area contributed by atoms with Crippen molar-refractivity contribution in [2.45, 2.75) is 6.54 Å². The van der Waals surface area contributed by atoms with Crippen LogP contribution < -0.4 is 34.7 Å². The monoisotopic (exact) mass is 278 g/mol. The maximum absolute atomic E-state index is 10.9. The molecule has 0 unspecified atom stereocenters. The van der Waals surface area contributed by atoms with Crippen molar-refractivity contribution in [2.75, 3.05) is 26.3 Å². The molecule has 92 valence electrons.